The molecule has 4 heterocycles. The third-order valence-electron chi connectivity index (χ3n) is 6.61. The first-order chi connectivity index (χ1) is 16.7. The number of piperazine rings is 1. The first kappa shape index (κ1) is 20.7. The standard InChI is InChI=1S/C25H27N9/c1-3-34-23-14-17(4-7-22(23)30-31-34)19-6-8-21-20(19)16-27-25(29-21)28-18-5-9-24(26-15-18)33-12-10-32(2)11-13-33/h4-7,9,14-16H,3,8,10-13H2,1-2H3,(H,27,28,29). The second-order valence-corrected chi connectivity index (χ2v) is 8.80. The van der Waals surface area contributed by atoms with Crippen LogP contribution >= 0.6 is 0 Å². The number of aryl methyl sites for hydroxylation is 1. The van der Waals surface area contributed by atoms with Gasteiger partial charge in [0.2, 0.25) is 5.95 Å². The van der Waals surface area contributed by atoms with Crippen LogP contribution in [0.1, 0.15) is 23.7 Å². The van der Waals surface area contributed by atoms with Crippen LogP contribution in [0.4, 0.5) is 17.5 Å². The van der Waals surface area contributed by atoms with Crippen LogP contribution in [-0.4, -0.2) is 68.1 Å². The van der Waals surface area contributed by atoms with Gasteiger partial charge in [0.25, 0.3) is 0 Å². The average Bonchev–Trinajstić information content (AvgIpc) is 3.48. The van der Waals surface area contributed by atoms with E-state index in [-0.39, 0.29) is 0 Å². The molecule has 0 radical (unpaired) electrons. The summed E-state index contributed by atoms with van der Waals surface area (Å²) in [7, 11) is 2.16. The van der Waals surface area contributed by atoms with Crippen LogP contribution in [-0.2, 0) is 13.0 Å². The summed E-state index contributed by atoms with van der Waals surface area (Å²) in [6.07, 6.45) is 6.77. The number of nitrogens with zero attached hydrogens (tertiary/aromatic N) is 8. The smallest absolute Gasteiger partial charge is 0.227 e. The Bertz CT molecular complexity index is 1370. The zero-order valence-electron chi connectivity index (χ0n) is 19.4. The maximum absolute atomic E-state index is 4.78. The van der Waals surface area contributed by atoms with Crippen molar-refractivity contribution in [1.29, 1.82) is 0 Å². The summed E-state index contributed by atoms with van der Waals surface area (Å²) >= 11 is 0. The highest BCUT2D eigenvalue weighted by Crippen LogP contribution is 2.33. The van der Waals surface area contributed by atoms with Gasteiger partial charge in [0.15, 0.2) is 0 Å². The van der Waals surface area contributed by atoms with Gasteiger partial charge in [-0.2, -0.15) is 0 Å². The van der Waals surface area contributed by atoms with Crippen molar-refractivity contribution in [2.75, 3.05) is 43.4 Å². The van der Waals surface area contributed by atoms with Crippen LogP contribution in [0.2, 0.25) is 0 Å². The number of hydrogen-bond acceptors (Lipinski definition) is 8. The number of fused-ring (bicyclic) bond motifs is 2. The van der Waals surface area contributed by atoms with Gasteiger partial charge in [-0.05, 0) is 49.4 Å². The molecule has 6 rings (SSSR count). The molecule has 1 N–H and O–H groups in total. The second kappa shape index (κ2) is 8.49. The highest BCUT2D eigenvalue weighted by molar-refractivity contribution is 5.88. The van der Waals surface area contributed by atoms with Crippen LogP contribution in [0.3, 0.4) is 0 Å². The number of pyridine rings is 1. The molecule has 172 valence electrons. The van der Waals surface area contributed by atoms with E-state index >= 15 is 0 Å². The Kier molecular flexibility index (Phi) is 5.18. The Balaban J connectivity index is 1.18. The highest BCUT2D eigenvalue weighted by Gasteiger charge is 2.20. The minimum absolute atomic E-state index is 0.589. The molecule has 0 saturated carbocycles. The van der Waals surface area contributed by atoms with Gasteiger partial charge in [0.1, 0.15) is 11.3 Å². The lowest BCUT2D eigenvalue weighted by Crippen LogP contribution is -2.44. The first-order valence-electron chi connectivity index (χ1n) is 11.7. The average molecular weight is 454 g/mol. The third kappa shape index (κ3) is 3.77. The van der Waals surface area contributed by atoms with Gasteiger partial charge in [-0.15, -0.1) is 5.10 Å². The second-order valence-electron chi connectivity index (χ2n) is 8.80. The van der Waals surface area contributed by atoms with Gasteiger partial charge in [-0.25, -0.2) is 19.6 Å². The fourth-order valence-corrected chi connectivity index (χ4v) is 4.62. The molecule has 1 fully saturated rings. The zero-order valence-corrected chi connectivity index (χ0v) is 19.4. The third-order valence-corrected chi connectivity index (χ3v) is 6.61. The van der Waals surface area contributed by atoms with E-state index in [9.17, 15) is 0 Å². The van der Waals surface area contributed by atoms with Gasteiger partial charge >= 0.3 is 0 Å². The summed E-state index contributed by atoms with van der Waals surface area (Å²) in [5.41, 5.74) is 7.23. The van der Waals surface area contributed by atoms with Gasteiger partial charge in [0.05, 0.1) is 23.1 Å². The summed E-state index contributed by atoms with van der Waals surface area (Å²) in [6, 6.07) is 10.4. The van der Waals surface area contributed by atoms with E-state index in [2.05, 4.69) is 73.6 Å². The Labute approximate surface area is 198 Å². The number of rotatable bonds is 5. The lowest BCUT2D eigenvalue weighted by Gasteiger charge is -2.33. The zero-order chi connectivity index (χ0) is 23.1. The number of likely N-dealkylation sites (N-methyl/N-ethyl adjacent to an activating group) is 1. The summed E-state index contributed by atoms with van der Waals surface area (Å²) in [5, 5.41) is 11.8. The predicted octanol–water partition coefficient (Wildman–Crippen LogP) is 3.12. The van der Waals surface area contributed by atoms with Crippen LogP contribution in [0, 0.1) is 0 Å². The van der Waals surface area contributed by atoms with E-state index in [0.29, 0.717) is 5.95 Å². The molecule has 0 atom stereocenters. The molecule has 34 heavy (non-hydrogen) atoms. The number of allylic oxidation sites excluding steroid dienone is 1. The monoisotopic (exact) mass is 453 g/mol. The van der Waals surface area contributed by atoms with E-state index in [1.165, 1.54) is 0 Å². The molecule has 2 aliphatic rings. The van der Waals surface area contributed by atoms with Crippen LogP contribution in [0.25, 0.3) is 16.6 Å². The molecule has 9 nitrogen and oxygen atoms in total. The molecule has 0 spiro atoms. The molecule has 4 aromatic rings. The summed E-state index contributed by atoms with van der Waals surface area (Å²) in [4.78, 5) is 18.7. The molecule has 3 aromatic heterocycles. The van der Waals surface area contributed by atoms with Crippen molar-refractivity contribution in [3.05, 3.63) is 65.6 Å². The van der Waals surface area contributed by atoms with Crippen LogP contribution in [0.5, 0.6) is 0 Å². The molecule has 9 heteroatoms. The topological polar surface area (TPSA) is 87.9 Å². The van der Waals surface area contributed by atoms with Crippen molar-refractivity contribution in [2.24, 2.45) is 0 Å². The molecular weight excluding hydrogens is 426 g/mol. The Morgan fingerprint density at radius 1 is 1.00 bits per heavy atom. The van der Waals surface area contributed by atoms with E-state index in [0.717, 1.165) is 84.1 Å². The molecule has 1 saturated heterocycles. The van der Waals surface area contributed by atoms with Gasteiger partial charge < -0.3 is 15.1 Å². The van der Waals surface area contributed by atoms with E-state index in [1.54, 1.807) is 0 Å². The largest absolute Gasteiger partial charge is 0.354 e. The lowest BCUT2D eigenvalue weighted by molar-refractivity contribution is 0.312. The van der Waals surface area contributed by atoms with Crippen molar-refractivity contribution in [1.82, 2.24) is 34.8 Å². The number of anilines is 3. The normalized spacial score (nSPS) is 16.1. The van der Waals surface area contributed by atoms with E-state index in [4.69, 9.17) is 4.98 Å². The van der Waals surface area contributed by atoms with Gasteiger partial charge in [-0.3, -0.25) is 0 Å². The fourth-order valence-electron chi connectivity index (χ4n) is 4.62. The molecule has 0 bridgehead atoms. The SMILES string of the molecule is CCn1nnc2ccc(C3=CCc4nc(Nc5ccc(N6CCN(C)CC6)nc5)ncc43)cc21. The maximum Gasteiger partial charge on any atom is 0.227 e. The molecule has 0 amide bonds. The molecular formula is C25H27N9. The van der Waals surface area contributed by atoms with E-state index in [1.807, 2.05) is 29.2 Å². The summed E-state index contributed by atoms with van der Waals surface area (Å²) in [5.74, 6) is 1.60. The maximum atomic E-state index is 4.78. The Hall–Kier alpha value is -3.85. The van der Waals surface area contributed by atoms with E-state index < -0.39 is 0 Å². The van der Waals surface area contributed by atoms with Crippen molar-refractivity contribution < 1.29 is 0 Å². The van der Waals surface area contributed by atoms with Gasteiger partial charge in [-0.1, -0.05) is 17.4 Å². The van der Waals surface area contributed by atoms with Crippen LogP contribution < -0.4 is 10.2 Å². The Morgan fingerprint density at radius 2 is 1.88 bits per heavy atom. The number of hydrogen-bond donors (Lipinski definition) is 1. The van der Waals surface area contributed by atoms with Gasteiger partial charge in [0, 0.05) is 50.9 Å². The summed E-state index contributed by atoms with van der Waals surface area (Å²) in [6.45, 7) is 7.00. The number of aromatic nitrogens is 6. The van der Waals surface area contributed by atoms with Crippen LogP contribution in [0.15, 0.2) is 48.8 Å². The summed E-state index contributed by atoms with van der Waals surface area (Å²) < 4.78 is 1.92. The van der Waals surface area contributed by atoms with Crippen molar-refractivity contribution in [3.8, 4) is 0 Å². The predicted molar refractivity (Wildman–Crippen MR) is 133 cm³/mol. The molecule has 1 aliphatic carbocycles. The first-order valence-corrected chi connectivity index (χ1v) is 11.7. The highest BCUT2D eigenvalue weighted by atomic mass is 15.4. The molecule has 0 unspecified atom stereocenters. The molecule has 1 aromatic carbocycles. The van der Waals surface area contributed by atoms with Crippen molar-refractivity contribution in [2.45, 2.75) is 19.9 Å². The molecule has 1 aliphatic heterocycles. The number of nitrogens with one attached hydrogen (secondary N) is 1. The lowest BCUT2D eigenvalue weighted by atomic mass is 10.0. The number of benzene rings is 1. The van der Waals surface area contributed by atoms with Crippen molar-refractivity contribution >= 4 is 34.1 Å². The Morgan fingerprint density at radius 3 is 2.68 bits per heavy atom. The minimum atomic E-state index is 0.589. The fraction of sp³-hybridized carbons (Fsp3) is 0.320. The van der Waals surface area contributed by atoms with Crippen molar-refractivity contribution in [3.63, 3.8) is 0 Å². The quantitative estimate of drug-likeness (QED) is 0.493. The minimum Gasteiger partial charge on any atom is -0.354 e.